The molecule has 1 aromatic carbocycles. The van der Waals surface area contributed by atoms with Gasteiger partial charge in [-0.25, -0.2) is 0 Å². The second kappa shape index (κ2) is 8.31. The van der Waals surface area contributed by atoms with Crippen molar-refractivity contribution in [2.45, 2.75) is 39.3 Å². The first-order chi connectivity index (χ1) is 11.8. The highest BCUT2D eigenvalue weighted by molar-refractivity contribution is 5.37. The molecule has 1 saturated heterocycles. The second-order valence-electron chi connectivity index (χ2n) is 6.56. The van der Waals surface area contributed by atoms with Crippen molar-refractivity contribution in [2.75, 3.05) is 19.7 Å². The Hall–Kier alpha value is -1.85. The summed E-state index contributed by atoms with van der Waals surface area (Å²) in [6.07, 6.45) is 5.41. The zero-order valence-electron chi connectivity index (χ0n) is 14.4. The molecule has 0 amide bonds. The average Bonchev–Trinajstić information content (AvgIpc) is 3.10. The van der Waals surface area contributed by atoms with Crippen LogP contribution >= 0.6 is 0 Å². The lowest BCUT2D eigenvalue weighted by atomic mass is 9.93. The van der Waals surface area contributed by atoms with Crippen molar-refractivity contribution >= 4 is 0 Å². The number of H-pyrrole nitrogens is 1. The number of aromatic amines is 1. The monoisotopic (exact) mass is 329 g/mol. The van der Waals surface area contributed by atoms with Crippen molar-refractivity contribution in [2.24, 2.45) is 5.92 Å². The van der Waals surface area contributed by atoms with Crippen molar-refractivity contribution in [1.29, 1.82) is 0 Å². The number of rotatable bonds is 7. The molecule has 5 nitrogen and oxygen atoms in total. The summed E-state index contributed by atoms with van der Waals surface area (Å²) in [5, 5.41) is 16.7. The summed E-state index contributed by atoms with van der Waals surface area (Å²) in [4.78, 5) is 2.52. The van der Waals surface area contributed by atoms with Gasteiger partial charge in [-0.15, -0.1) is 0 Å². The van der Waals surface area contributed by atoms with Crippen LogP contribution in [0.1, 0.15) is 36.6 Å². The summed E-state index contributed by atoms with van der Waals surface area (Å²) in [7, 11) is 0. The van der Waals surface area contributed by atoms with E-state index in [0.717, 1.165) is 37.4 Å². The van der Waals surface area contributed by atoms with E-state index >= 15 is 0 Å². The molecule has 0 aliphatic carbocycles. The molecule has 0 spiro atoms. The molecule has 0 unspecified atom stereocenters. The van der Waals surface area contributed by atoms with Crippen LogP contribution in [0.4, 0.5) is 0 Å². The van der Waals surface area contributed by atoms with Gasteiger partial charge in [0.25, 0.3) is 0 Å². The molecular formula is C19H27N3O2. The van der Waals surface area contributed by atoms with Crippen LogP contribution < -0.4 is 4.74 Å². The fourth-order valence-corrected chi connectivity index (χ4v) is 3.58. The maximum atomic E-state index is 9.56. The SMILES string of the molecule is CCOc1ccc(CN2CCC[C@H](Cc3ccn[nH]3)C2)cc1CO. The van der Waals surface area contributed by atoms with E-state index in [1.165, 1.54) is 24.1 Å². The Kier molecular flexibility index (Phi) is 5.88. The van der Waals surface area contributed by atoms with Crippen LogP contribution in [0.3, 0.4) is 0 Å². The van der Waals surface area contributed by atoms with Crippen molar-refractivity contribution in [3.63, 3.8) is 0 Å². The Morgan fingerprint density at radius 1 is 1.38 bits per heavy atom. The number of likely N-dealkylation sites (tertiary alicyclic amines) is 1. The highest BCUT2D eigenvalue weighted by Crippen LogP contribution is 2.24. The lowest BCUT2D eigenvalue weighted by Crippen LogP contribution is -2.35. The summed E-state index contributed by atoms with van der Waals surface area (Å²) in [5.74, 6) is 1.47. The number of nitrogens with one attached hydrogen (secondary N) is 1. The molecule has 2 heterocycles. The van der Waals surface area contributed by atoms with Gasteiger partial charge in [-0.1, -0.05) is 6.07 Å². The molecule has 1 fully saturated rings. The summed E-state index contributed by atoms with van der Waals surface area (Å²) < 4.78 is 5.57. The van der Waals surface area contributed by atoms with Gasteiger partial charge < -0.3 is 9.84 Å². The predicted octanol–water partition coefficient (Wildman–Crippen LogP) is 2.76. The maximum Gasteiger partial charge on any atom is 0.124 e. The average molecular weight is 329 g/mol. The number of aliphatic hydroxyl groups is 1. The summed E-state index contributed by atoms with van der Waals surface area (Å²) in [6, 6.07) is 8.24. The van der Waals surface area contributed by atoms with Crippen LogP contribution in [-0.2, 0) is 19.6 Å². The van der Waals surface area contributed by atoms with Crippen molar-refractivity contribution in [3.8, 4) is 5.75 Å². The minimum atomic E-state index is 0.0195. The highest BCUT2D eigenvalue weighted by atomic mass is 16.5. The molecule has 130 valence electrons. The number of ether oxygens (including phenoxy) is 1. The highest BCUT2D eigenvalue weighted by Gasteiger charge is 2.21. The van der Waals surface area contributed by atoms with Crippen LogP contribution in [0.2, 0.25) is 0 Å². The van der Waals surface area contributed by atoms with Gasteiger partial charge in [0.15, 0.2) is 0 Å². The Bertz CT molecular complexity index is 628. The lowest BCUT2D eigenvalue weighted by Gasteiger charge is -2.32. The first kappa shape index (κ1) is 17.0. The van der Waals surface area contributed by atoms with E-state index in [-0.39, 0.29) is 6.61 Å². The first-order valence-corrected chi connectivity index (χ1v) is 8.84. The fourth-order valence-electron chi connectivity index (χ4n) is 3.58. The third kappa shape index (κ3) is 4.36. The fraction of sp³-hybridized carbons (Fsp3) is 0.526. The molecule has 1 aliphatic rings. The number of benzene rings is 1. The van der Waals surface area contributed by atoms with Gasteiger partial charge in [0.1, 0.15) is 5.75 Å². The van der Waals surface area contributed by atoms with Crippen molar-refractivity contribution < 1.29 is 9.84 Å². The predicted molar refractivity (Wildman–Crippen MR) is 93.8 cm³/mol. The Morgan fingerprint density at radius 3 is 3.04 bits per heavy atom. The van der Waals surface area contributed by atoms with Gasteiger partial charge in [0.2, 0.25) is 0 Å². The normalized spacial score (nSPS) is 18.7. The zero-order chi connectivity index (χ0) is 16.8. The van der Waals surface area contributed by atoms with Crippen LogP contribution in [0.25, 0.3) is 0 Å². The van der Waals surface area contributed by atoms with Gasteiger partial charge in [-0.05, 0) is 62.4 Å². The summed E-state index contributed by atoms with van der Waals surface area (Å²) in [5.41, 5.74) is 3.34. The van der Waals surface area contributed by atoms with Gasteiger partial charge in [0.05, 0.1) is 13.2 Å². The van der Waals surface area contributed by atoms with E-state index in [2.05, 4.69) is 33.3 Å². The zero-order valence-corrected chi connectivity index (χ0v) is 14.4. The van der Waals surface area contributed by atoms with Gasteiger partial charge in [-0.2, -0.15) is 5.10 Å². The molecule has 1 atom stereocenters. The van der Waals surface area contributed by atoms with Crippen LogP contribution in [-0.4, -0.2) is 39.9 Å². The van der Waals surface area contributed by atoms with E-state index in [1.807, 2.05) is 19.2 Å². The Morgan fingerprint density at radius 2 is 2.29 bits per heavy atom. The number of aliphatic hydroxyl groups excluding tert-OH is 1. The van der Waals surface area contributed by atoms with E-state index in [4.69, 9.17) is 4.74 Å². The second-order valence-corrected chi connectivity index (χ2v) is 6.56. The molecule has 0 saturated carbocycles. The summed E-state index contributed by atoms with van der Waals surface area (Å²) in [6.45, 7) is 5.78. The Balaban J connectivity index is 1.60. The van der Waals surface area contributed by atoms with Gasteiger partial charge >= 0.3 is 0 Å². The van der Waals surface area contributed by atoms with Crippen LogP contribution in [0, 0.1) is 5.92 Å². The van der Waals surface area contributed by atoms with Crippen LogP contribution in [0.5, 0.6) is 5.75 Å². The molecule has 3 rings (SSSR count). The molecule has 0 radical (unpaired) electrons. The molecule has 2 aromatic rings. The molecular weight excluding hydrogens is 302 g/mol. The third-order valence-corrected chi connectivity index (χ3v) is 4.67. The molecule has 1 aromatic heterocycles. The number of piperidine rings is 1. The third-order valence-electron chi connectivity index (χ3n) is 4.67. The minimum absolute atomic E-state index is 0.0195. The van der Waals surface area contributed by atoms with Crippen molar-refractivity contribution in [3.05, 3.63) is 47.3 Å². The number of hydrogen-bond acceptors (Lipinski definition) is 4. The lowest BCUT2D eigenvalue weighted by molar-refractivity contribution is 0.166. The van der Waals surface area contributed by atoms with Crippen LogP contribution in [0.15, 0.2) is 30.5 Å². The van der Waals surface area contributed by atoms with E-state index in [0.29, 0.717) is 12.5 Å². The van der Waals surface area contributed by atoms with Gasteiger partial charge in [0, 0.05) is 30.5 Å². The number of hydrogen-bond donors (Lipinski definition) is 2. The van der Waals surface area contributed by atoms with Crippen molar-refractivity contribution in [1.82, 2.24) is 15.1 Å². The topological polar surface area (TPSA) is 61.4 Å². The van der Waals surface area contributed by atoms with E-state index in [9.17, 15) is 5.11 Å². The number of aromatic nitrogens is 2. The molecule has 0 bridgehead atoms. The number of nitrogens with zero attached hydrogens (tertiary/aromatic N) is 2. The van der Waals surface area contributed by atoms with Gasteiger partial charge in [-0.3, -0.25) is 10.00 Å². The maximum absolute atomic E-state index is 9.56. The molecule has 24 heavy (non-hydrogen) atoms. The smallest absolute Gasteiger partial charge is 0.124 e. The molecule has 1 aliphatic heterocycles. The molecule has 2 N–H and O–H groups in total. The molecule has 5 heteroatoms. The van der Waals surface area contributed by atoms with E-state index < -0.39 is 0 Å². The Labute approximate surface area is 143 Å². The quantitative estimate of drug-likeness (QED) is 0.820. The minimum Gasteiger partial charge on any atom is -0.494 e. The summed E-state index contributed by atoms with van der Waals surface area (Å²) >= 11 is 0. The first-order valence-electron chi connectivity index (χ1n) is 8.84. The standard InChI is InChI=1S/C19H27N3O2/c1-2-24-19-6-5-16(10-17(19)14-23)13-22-9-3-4-15(12-22)11-18-7-8-20-21-18/h5-8,10,15,23H,2-4,9,11-14H2,1H3,(H,20,21)/t15-/m1/s1. The van der Waals surface area contributed by atoms with E-state index in [1.54, 1.807) is 0 Å². The largest absolute Gasteiger partial charge is 0.494 e.